The van der Waals surface area contributed by atoms with Crippen molar-refractivity contribution in [2.45, 2.75) is 13.1 Å². The van der Waals surface area contributed by atoms with E-state index >= 15 is 0 Å². The van der Waals surface area contributed by atoms with Crippen LogP contribution >= 0.6 is 0 Å². The zero-order valence-electron chi connectivity index (χ0n) is 23.6. The number of hydrogen-bond donors (Lipinski definition) is 0. The van der Waals surface area contributed by atoms with Gasteiger partial charge in [-0.2, -0.15) is 0 Å². The summed E-state index contributed by atoms with van der Waals surface area (Å²) >= 11 is 0. The molecule has 7 aromatic rings. The average molecular weight is 559 g/mol. The van der Waals surface area contributed by atoms with Gasteiger partial charge in [0.25, 0.3) is 0 Å². The summed E-state index contributed by atoms with van der Waals surface area (Å²) in [4.78, 5) is 15.1. The van der Waals surface area contributed by atoms with Gasteiger partial charge in [0.05, 0.1) is 5.52 Å². The molecule has 0 atom stereocenters. The standard InChI is InChI=1S/C37H30N4Si/c1-42(2,30-22-13-6-14-23-30)33-26-41(29-20-11-5-12-21-29)34-31(33)24-15-25-32(34)37-39-35(27-16-7-3-8-17-27)38-36(40-37)28-18-9-4-10-19-28/h3-26H,1-2H3. The van der Waals surface area contributed by atoms with Gasteiger partial charge in [0.2, 0.25) is 0 Å². The van der Waals surface area contributed by atoms with Gasteiger partial charge in [-0.15, -0.1) is 0 Å². The van der Waals surface area contributed by atoms with Crippen molar-refractivity contribution in [1.29, 1.82) is 0 Å². The Morgan fingerprint density at radius 1 is 0.500 bits per heavy atom. The summed E-state index contributed by atoms with van der Waals surface area (Å²) in [6.07, 6.45) is 2.35. The molecule has 0 N–H and O–H groups in total. The van der Waals surface area contributed by atoms with Crippen LogP contribution in [0.4, 0.5) is 0 Å². The number of aromatic nitrogens is 4. The van der Waals surface area contributed by atoms with Crippen molar-refractivity contribution in [3.8, 4) is 39.9 Å². The van der Waals surface area contributed by atoms with E-state index < -0.39 is 8.07 Å². The van der Waals surface area contributed by atoms with Crippen molar-refractivity contribution in [2.75, 3.05) is 0 Å². The normalized spacial score (nSPS) is 11.6. The monoisotopic (exact) mass is 558 g/mol. The van der Waals surface area contributed by atoms with Gasteiger partial charge < -0.3 is 4.57 Å². The molecule has 0 aliphatic rings. The van der Waals surface area contributed by atoms with Gasteiger partial charge in [-0.3, -0.25) is 0 Å². The number of para-hydroxylation sites is 2. The van der Waals surface area contributed by atoms with Crippen LogP contribution in [0.2, 0.25) is 13.1 Å². The van der Waals surface area contributed by atoms with Crippen molar-refractivity contribution >= 4 is 29.4 Å². The van der Waals surface area contributed by atoms with Crippen LogP contribution in [0.25, 0.3) is 50.8 Å². The number of fused-ring (bicyclic) bond motifs is 1. The molecule has 7 rings (SSSR count). The van der Waals surface area contributed by atoms with Crippen LogP contribution in [0.15, 0.2) is 146 Å². The van der Waals surface area contributed by atoms with Gasteiger partial charge >= 0.3 is 0 Å². The number of rotatable bonds is 6. The van der Waals surface area contributed by atoms with Crippen molar-refractivity contribution < 1.29 is 0 Å². The zero-order chi connectivity index (χ0) is 28.5. The number of nitrogens with zero attached hydrogens (tertiary/aromatic N) is 4. The highest BCUT2D eigenvalue weighted by molar-refractivity contribution is 7.01. The summed E-state index contributed by atoms with van der Waals surface area (Å²) in [7, 11) is -2.06. The Labute approximate surface area is 247 Å². The molecule has 0 radical (unpaired) electrons. The van der Waals surface area contributed by atoms with Crippen LogP contribution in [-0.4, -0.2) is 27.6 Å². The molecule has 42 heavy (non-hydrogen) atoms. The van der Waals surface area contributed by atoms with E-state index in [1.807, 2.05) is 60.7 Å². The molecule has 0 unspecified atom stereocenters. The second-order valence-electron chi connectivity index (χ2n) is 11.0. The first-order valence-electron chi connectivity index (χ1n) is 14.2. The Morgan fingerprint density at radius 3 is 1.57 bits per heavy atom. The second-order valence-corrected chi connectivity index (χ2v) is 15.3. The van der Waals surface area contributed by atoms with Gasteiger partial charge in [-0.05, 0) is 23.4 Å². The van der Waals surface area contributed by atoms with E-state index in [9.17, 15) is 0 Å². The van der Waals surface area contributed by atoms with Crippen molar-refractivity contribution in [3.63, 3.8) is 0 Å². The van der Waals surface area contributed by atoms with Gasteiger partial charge in [0, 0.05) is 34.0 Å². The Kier molecular flexibility index (Phi) is 6.57. The van der Waals surface area contributed by atoms with E-state index in [-0.39, 0.29) is 0 Å². The Hall–Kier alpha value is -5.13. The first kappa shape index (κ1) is 25.8. The first-order valence-corrected chi connectivity index (χ1v) is 17.2. The molecule has 5 heteroatoms. The van der Waals surface area contributed by atoms with Gasteiger partial charge in [0.15, 0.2) is 17.5 Å². The molecule has 0 spiro atoms. The lowest BCUT2D eigenvalue weighted by Crippen LogP contribution is -2.52. The summed E-state index contributed by atoms with van der Waals surface area (Å²) in [6, 6.07) is 48.3. The Balaban J connectivity index is 1.52. The van der Waals surface area contributed by atoms with Crippen LogP contribution in [0.1, 0.15) is 0 Å². The van der Waals surface area contributed by atoms with E-state index in [0.29, 0.717) is 17.5 Å². The summed E-state index contributed by atoms with van der Waals surface area (Å²) in [5.41, 5.74) is 5.13. The van der Waals surface area contributed by atoms with E-state index in [2.05, 4.69) is 103 Å². The van der Waals surface area contributed by atoms with Crippen LogP contribution in [0, 0.1) is 0 Å². The predicted molar refractivity (Wildman–Crippen MR) is 176 cm³/mol. The topological polar surface area (TPSA) is 43.6 Å². The average Bonchev–Trinajstić information content (AvgIpc) is 3.47. The molecular formula is C37H30N4Si. The SMILES string of the molecule is C[Si](C)(c1ccccc1)c1cn(-c2ccccc2)c2c(-c3nc(-c4ccccc4)nc(-c4ccccc4)n3)cccc12. The minimum absolute atomic E-state index is 0.661. The van der Waals surface area contributed by atoms with Crippen LogP contribution in [0.3, 0.4) is 0 Å². The molecule has 0 aliphatic carbocycles. The summed E-state index contributed by atoms with van der Waals surface area (Å²) in [5.74, 6) is 1.98. The fourth-order valence-corrected chi connectivity index (χ4v) is 8.36. The minimum atomic E-state index is -2.06. The quantitative estimate of drug-likeness (QED) is 0.197. The molecule has 0 bridgehead atoms. The molecule has 0 aliphatic heterocycles. The van der Waals surface area contributed by atoms with Crippen LogP contribution in [-0.2, 0) is 0 Å². The van der Waals surface area contributed by atoms with Crippen LogP contribution < -0.4 is 10.4 Å². The largest absolute Gasteiger partial charge is 0.316 e. The van der Waals surface area contributed by atoms with Gasteiger partial charge in [-0.25, -0.2) is 15.0 Å². The highest BCUT2D eigenvalue weighted by atomic mass is 28.3. The lowest BCUT2D eigenvalue weighted by molar-refractivity contribution is 1.07. The molecule has 0 fully saturated rings. The maximum atomic E-state index is 5.09. The highest BCUT2D eigenvalue weighted by Gasteiger charge is 2.31. The lowest BCUT2D eigenvalue weighted by Gasteiger charge is -2.22. The molecule has 2 aromatic heterocycles. The third kappa shape index (κ3) is 4.64. The number of hydrogen-bond acceptors (Lipinski definition) is 3. The van der Waals surface area contributed by atoms with Gasteiger partial charge in [-0.1, -0.05) is 140 Å². The van der Waals surface area contributed by atoms with E-state index in [0.717, 1.165) is 27.9 Å². The fourth-order valence-electron chi connectivity index (χ4n) is 5.69. The van der Waals surface area contributed by atoms with Crippen LogP contribution in [0.5, 0.6) is 0 Å². The van der Waals surface area contributed by atoms with Crippen molar-refractivity contribution in [3.05, 3.63) is 146 Å². The predicted octanol–water partition coefficient (Wildman–Crippen LogP) is 7.64. The van der Waals surface area contributed by atoms with E-state index in [1.54, 1.807) is 0 Å². The third-order valence-corrected chi connectivity index (χ3v) is 11.5. The zero-order valence-corrected chi connectivity index (χ0v) is 24.6. The van der Waals surface area contributed by atoms with Gasteiger partial charge in [0.1, 0.15) is 8.07 Å². The fraction of sp³-hybridized carbons (Fsp3) is 0.0541. The first-order chi connectivity index (χ1) is 20.6. The van der Waals surface area contributed by atoms with Crippen molar-refractivity contribution in [1.82, 2.24) is 19.5 Å². The van der Waals surface area contributed by atoms with E-state index in [4.69, 9.17) is 15.0 Å². The van der Waals surface area contributed by atoms with Crippen molar-refractivity contribution in [2.24, 2.45) is 0 Å². The molecule has 5 aromatic carbocycles. The Morgan fingerprint density at radius 2 is 1.00 bits per heavy atom. The summed E-state index contributed by atoms with van der Waals surface area (Å²) in [5, 5.41) is 4.02. The molecule has 4 nitrogen and oxygen atoms in total. The maximum absolute atomic E-state index is 5.09. The summed E-state index contributed by atoms with van der Waals surface area (Å²) in [6.45, 7) is 4.87. The molecule has 0 saturated carbocycles. The molecule has 0 amide bonds. The lowest BCUT2D eigenvalue weighted by atomic mass is 10.1. The number of benzene rings is 5. The Bertz CT molecular complexity index is 1930. The molecule has 202 valence electrons. The molecular weight excluding hydrogens is 529 g/mol. The smallest absolute Gasteiger partial charge is 0.166 e. The molecule has 2 heterocycles. The summed E-state index contributed by atoms with van der Waals surface area (Å²) < 4.78 is 2.33. The molecule has 0 saturated heterocycles. The van der Waals surface area contributed by atoms with E-state index in [1.165, 1.54) is 15.8 Å². The third-order valence-electron chi connectivity index (χ3n) is 7.97. The highest BCUT2D eigenvalue weighted by Crippen LogP contribution is 2.32. The second kappa shape index (κ2) is 10.7. The minimum Gasteiger partial charge on any atom is -0.316 e. The maximum Gasteiger partial charge on any atom is 0.166 e.